The summed E-state index contributed by atoms with van der Waals surface area (Å²) in [7, 11) is 0. The molecule has 1 rings (SSSR count). The molecule has 1 aromatic carbocycles. The normalized spacial score (nSPS) is 9.92. The Morgan fingerprint density at radius 1 is 1.23 bits per heavy atom. The summed E-state index contributed by atoms with van der Waals surface area (Å²) < 4.78 is 0. The molecule has 13 heavy (non-hydrogen) atoms. The number of aliphatic hydroxyl groups excluding tert-OH is 1. The quantitative estimate of drug-likeness (QED) is 0.413. The first-order chi connectivity index (χ1) is 6.25. The van der Waals surface area contributed by atoms with E-state index in [1.165, 1.54) is 6.07 Å². The number of aliphatic hydroxyl groups is 1. The highest BCUT2D eigenvalue weighted by atomic mass is 16.3. The predicted octanol–water partition coefficient (Wildman–Crippen LogP) is 0.892. The number of hydrogen-bond donors (Lipinski definition) is 4. The molecule has 1 aromatic rings. The van der Waals surface area contributed by atoms with Crippen LogP contribution in [0.15, 0.2) is 18.2 Å². The summed E-state index contributed by atoms with van der Waals surface area (Å²) in [4.78, 5) is 0. The van der Waals surface area contributed by atoms with E-state index in [2.05, 4.69) is 5.32 Å². The van der Waals surface area contributed by atoms with E-state index in [0.717, 1.165) is 0 Å². The number of para-hydroxylation sites is 1. The van der Waals surface area contributed by atoms with Gasteiger partial charge < -0.3 is 20.6 Å². The summed E-state index contributed by atoms with van der Waals surface area (Å²) in [5.74, 6) is -0.297. The van der Waals surface area contributed by atoms with Crippen molar-refractivity contribution < 1.29 is 15.3 Å². The van der Waals surface area contributed by atoms with Crippen molar-refractivity contribution in [2.45, 2.75) is 6.42 Å². The van der Waals surface area contributed by atoms with Crippen LogP contribution in [-0.2, 0) is 0 Å². The van der Waals surface area contributed by atoms with Crippen molar-refractivity contribution in [3.63, 3.8) is 0 Å². The van der Waals surface area contributed by atoms with Crippen LogP contribution < -0.4 is 5.32 Å². The van der Waals surface area contributed by atoms with Crippen LogP contribution in [0.4, 0.5) is 5.69 Å². The lowest BCUT2D eigenvalue weighted by Crippen LogP contribution is -2.03. The molecule has 0 heterocycles. The van der Waals surface area contributed by atoms with Crippen LogP contribution >= 0.6 is 0 Å². The Morgan fingerprint density at radius 3 is 2.69 bits per heavy atom. The minimum Gasteiger partial charge on any atom is -0.504 e. The van der Waals surface area contributed by atoms with Gasteiger partial charge in [0.15, 0.2) is 11.5 Å². The van der Waals surface area contributed by atoms with Crippen molar-refractivity contribution in [1.82, 2.24) is 0 Å². The Hall–Kier alpha value is -1.42. The zero-order valence-electron chi connectivity index (χ0n) is 7.20. The van der Waals surface area contributed by atoms with E-state index in [4.69, 9.17) is 10.2 Å². The highest BCUT2D eigenvalue weighted by Gasteiger charge is 2.03. The number of aromatic hydroxyl groups is 2. The molecule has 0 bridgehead atoms. The summed E-state index contributed by atoms with van der Waals surface area (Å²) in [5, 5.41) is 29.8. The predicted molar refractivity (Wildman–Crippen MR) is 50.0 cm³/mol. The fraction of sp³-hybridized carbons (Fsp3) is 0.333. The molecule has 0 saturated carbocycles. The molecule has 0 amide bonds. The van der Waals surface area contributed by atoms with Gasteiger partial charge in [0.05, 0.1) is 5.69 Å². The number of nitrogens with one attached hydrogen (secondary N) is 1. The average Bonchev–Trinajstić information content (AvgIpc) is 2.13. The molecule has 4 heteroatoms. The number of phenols is 2. The molecule has 72 valence electrons. The molecule has 0 unspecified atom stereocenters. The van der Waals surface area contributed by atoms with Crippen LogP contribution in [-0.4, -0.2) is 28.5 Å². The summed E-state index contributed by atoms with van der Waals surface area (Å²) in [6.45, 7) is 0.667. The smallest absolute Gasteiger partial charge is 0.181 e. The molecule has 0 aliphatic heterocycles. The first-order valence-corrected chi connectivity index (χ1v) is 4.11. The topological polar surface area (TPSA) is 72.7 Å². The minimum absolute atomic E-state index is 0.104. The van der Waals surface area contributed by atoms with Crippen molar-refractivity contribution in [3.8, 4) is 11.5 Å². The maximum atomic E-state index is 9.32. The zero-order chi connectivity index (χ0) is 9.68. The van der Waals surface area contributed by atoms with Gasteiger partial charge in [0, 0.05) is 13.2 Å². The summed E-state index contributed by atoms with van der Waals surface area (Å²) >= 11 is 0. The third-order valence-corrected chi connectivity index (χ3v) is 1.67. The van der Waals surface area contributed by atoms with E-state index in [0.29, 0.717) is 18.7 Å². The van der Waals surface area contributed by atoms with E-state index in [9.17, 15) is 5.11 Å². The number of hydrogen-bond acceptors (Lipinski definition) is 4. The van der Waals surface area contributed by atoms with Gasteiger partial charge in [-0.15, -0.1) is 0 Å². The molecule has 0 aromatic heterocycles. The van der Waals surface area contributed by atoms with Gasteiger partial charge in [0.25, 0.3) is 0 Å². The number of rotatable bonds is 4. The van der Waals surface area contributed by atoms with E-state index >= 15 is 0 Å². The standard InChI is InChI=1S/C9H13NO3/c11-6-2-5-10-7-3-1-4-8(12)9(7)13/h1,3-4,10-13H,2,5-6H2. The van der Waals surface area contributed by atoms with Gasteiger partial charge in [0.2, 0.25) is 0 Å². The third kappa shape index (κ3) is 2.52. The van der Waals surface area contributed by atoms with E-state index in [1.807, 2.05) is 0 Å². The van der Waals surface area contributed by atoms with Crippen LogP contribution in [0.3, 0.4) is 0 Å². The molecule has 0 aliphatic rings. The summed E-state index contributed by atoms with van der Waals surface area (Å²) in [6, 6.07) is 4.70. The van der Waals surface area contributed by atoms with Crippen molar-refractivity contribution >= 4 is 5.69 Å². The van der Waals surface area contributed by atoms with Crippen LogP contribution in [0.1, 0.15) is 6.42 Å². The van der Waals surface area contributed by atoms with Crippen LogP contribution in [0, 0.1) is 0 Å². The van der Waals surface area contributed by atoms with Gasteiger partial charge in [0.1, 0.15) is 0 Å². The van der Waals surface area contributed by atoms with E-state index in [1.54, 1.807) is 12.1 Å². The van der Waals surface area contributed by atoms with Gasteiger partial charge in [-0.3, -0.25) is 0 Å². The van der Waals surface area contributed by atoms with E-state index < -0.39 is 0 Å². The Balaban J connectivity index is 2.61. The van der Waals surface area contributed by atoms with Gasteiger partial charge >= 0.3 is 0 Å². The molecule has 0 atom stereocenters. The average molecular weight is 183 g/mol. The lowest BCUT2D eigenvalue weighted by molar-refractivity contribution is 0.292. The zero-order valence-corrected chi connectivity index (χ0v) is 7.20. The summed E-state index contributed by atoms with van der Waals surface area (Å²) in [5.41, 5.74) is 0.480. The third-order valence-electron chi connectivity index (χ3n) is 1.67. The number of anilines is 1. The van der Waals surface area contributed by atoms with Crippen molar-refractivity contribution in [2.24, 2.45) is 0 Å². The second kappa shape index (κ2) is 4.57. The Labute approximate surface area is 76.5 Å². The highest BCUT2D eigenvalue weighted by molar-refractivity contribution is 5.61. The fourth-order valence-corrected chi connectivity index (χ4v) is 0.976. The lowest BCUT2D eigenvalue weighted by atomic mass is 10.2. The van der Waals surface area contributed by atoms with Crippen molar-refractivity contribution in [2.75, 3.05) is 18.5 Å². The van der Waals surface area contributed by atoms with Crippen LogP contribution in [0.2, 0.25) is 0 Å². The maximum Gasteiger partial charge on any atom is 0.181 e. The minimum atomic E-state index is -0.152. The molecule has 0 aliphatic carbocycles. The molecular weight excluding hydrogens is 170 g/mol. The van der Waals surface area contributed by atoms with Gasteiger partial charge in [-0.1, -0.05) is 6.07 Å². The highest BCUT2D eigenvalue weighted by Crippen LogP contribution is 2.32. The molecule has 0 saturated heterocycles. The molecule has 0 spiro atoms. The maximum absolute atomic E-state index is 9.32. The Kier molecular flexibility index (Phi) is 3.40. The lowest BCUT2D eigenvalue weighted by Gasteiger charge is -2.07. The van der Waals surface area contributed by atoms with Crippen molar-refractivity contribution in [1.29, 1.82) is 0 Å². The monoisotopic (exact) mass is 183 g/mol. The molecule has 0 fully saturated rings. The van der Waals surface area contributed by atoms with Gasteiger partial charge in [-0.25, -0.2) is 0 Å². The Morgan fingerprint density at radius 2 is 2.00 bits per heavy atom. The second-order valence-electron chi connectivity index (χ2n) is 2.68. The number of benzene rings is 1. The van der Waals surface area contributed by atoms with Crippen molar-refractivity contribution in [3.05, 3.63) is 18.2 Å². The van der Waals surface area contributed by atoms with Gasteiger partial charge in [-0.05, 0) is 18.6 Å². The Bertz CT molecular complexity index is 276. The summed E-state index contributed by atoms with van der Waals surface area (Å²) in [6.07, 6.45) is 0.606. The SMILES string of the molecule is OCCCNc1cccc(O)c1O. The largest absolute Gasteiger partial charge is 0.504 e. The van der Waals surface area contributed by atoms with Gasteiger partial charge in [-0.2, -0.15) is 0 Å². The first-order valence-electron chi connectivity index (χ1n) is 4.11. The van der Waals surface area contributed by atoms with Crippen LogP contribution in [0.25, 0.3) is 0 Å². The molecular formula is C9H13NO3. The van der Waals surface area contributed by atoms with E-state index in [-0.39, 0.29) is 18.1 Å². The second-order valence-corrected chi connectivity index (χ2v) is 2.68. The van der Waals surface area contributed by atoms with Crippen LogP contribution in [0.5, 0.6) is 11.5 Å². The fourth-order valence-electron chi connectivity index (χ4n) is 0.976. The molecule has 0 radical (unpaired) electrons. The number of phenolic OH excluding ortho intramolecular Hbond substituents is 2. The molecule has 4 N–H and O–H groups in total. The first kappa shape index (κ1) is 9.67. The molecule has 4 nitrogen and oxygen atoms in total.